The van der Waals surface area contributed by atoms with Crippen molar-refractivity contribution in [2.24, 2.45) is 5.92 Å². The molecule has 1 saturated heterocycles. The molecule has 1 aliphatic rings. The van der Waals surface area contributed by atoms with Gasteiger partial charge in [0.1, 0.15) is 5.03 Å². The van der Waals surface area contributed by atoms with Gasteiger partial charge in [-0.15, -0.1) is 0 Å². The first kappa shape index (κ1) is 19.9. The number of cyclic esters (lactones) is 2. The van der Waals surface area contributed by atoms with E-state index in [1.807, 2.05) is 0 Å². The molecule has 0 spiro atoms. The second-order valence-corrected chi connectivity index (χ2v) is 8.83. The van der Waals surface area contributed by atoms with E-state index in [1.54, 1.807) is 0 Å². The van der Waals surface area contributed by atoms with Gasteiger partial charge in [0, 0.05) is 26.6 Å². The Morgan fingerprint density at radius 1 is 1.14 bits per heavy atom. The molecule has 0 atom stereocenters. The van der Waals surface area contributed by atoms with Gasteiger partial charge in [-0.1, -0.05) is 0 Å². The monoisotopic (exact) mass is 409 g/mol. The van der Waals surface area contributed by atoms with Gasteiger partial charge in [0.05, 0.1) is 12.0 Å². The normalized spacial score (nSPS) is 17.2. The Morgan fingerprint density at radius 2 is 1.79 bits per heavy atom. The molecule has 0 bridgehead atoms. The van der Waals surface area contributed by atoms with Crippen LogP contribution >= 0.6 is 0 Å². The van der Waals surface area contributed by atoms with Crippen molar-refractivity contribution in [3.05, 3.63) is 42.0 Å². The minimum absolute atomic E-state index is 0.0395. The highest BCUT2D eigenvalue weighted by atomic mass is 32.2. The van der Waals surface area contributed by atoms with E-state index in [0.717, 1.165) is 6.26 Å². The molecule has 9 nitrogen and oxygen atoms in total. The Morgan fingerprint density at radius 3 is 2.32 bits per heavy atom. The minimum atomic E-state index is -3.67. The van der Waals surface area contributed by atoms with Crippen molar-refractivity contribution in [1.82, 2.24) is 4.57 Å². The summed E-state index contributed by atoms with van der Waals surface area (Å²) in [5, 5.41) is -0.111. The maximum absolute atomic E-state index is 12.6. The van der Waals surface area contributed by atoms with Crippen molar-refractivity contribution in [1.29, 1.82) is 0 Å². The highest BCUT2D eigenvalue weighted by Gasteiger charge is 2.43. The van der Waals surface area contributed by atoms with Crippen LogP contribution in [0.3, 0.4) is 0 Å². The third-order valence-electron chi connectivity index (χ3n) is 4.20. The van der Waals surface area contributed by atoms with E-state index in [4.69, 9.17) is 13.9 Å². The van der Waals surface area contributed by atoms with Crippen molar-refractivity contribution in [3.8, 4) is 0 Å². The van der Waals surface area contributed by atoms with Crippen molar-refractivity contribution >= 4 is 27.6 Å². The molecule has 150 valence electrons. The fraction of sp³-hybridized carbons (Fsp3) is 0.389. The second kappa shape index (κ2) is 6.93. The number of carbonyl (C=O) groups is 3. The van der Waals surface area contributed by atoms with E-state index < -0.39 is 39.3 Å². The van der Waals surface area contributed by atoms with Crippen LogP contribution in [0.15, 0.2) is 40.0 Å². The Hall–Kier alpha value is -2.88. The van der Waals surface area contributed by atoms with Gasteiger partial charge >= 0.3 is 11.9 Å². The molecular weight excluding hydrogens is 390 g/mol. The molecule has 1 aliphatic heterocycles. The molecule has 0 radical (unpaired) electrons. The number of ether oxygens (including phenoxy) is 2. The number of furan rings is 1. The number of hydrogen-bond donors (Lipinski definition) is 0. The standard InChI is InChI=1S/C18H19NO8S/c1-18(2)26-16(21)11(17(22)27-18)8-9-19-12(6-7-14(19)28(3,23)24)15(20)13-5-4-10-25-13/h4-7,10-11H,8-9H2,1-3H3. The first-order chi connectivity index (χ1) is 13.0. The largest absolute Gasteiger partial charge is 0.461 e. The highest BCUT2D eigenvalue weighted by molar-refractivity contribution is 7.90. The van der Waals surface area contributed by atoms with Crippen LogP contribution in [0.25, 0.3) is 0 Å². The summed E-state index contributed by atoms with van der Waals surface area (Å²) in [4.78, 5) is 36.9. The van der Waals surface area contributed by atoms with Crippen LogP contribution in [0.2, 0.25) is 0 Å². The van der Waals surface area contributed by atoms with Crippen LogP contribution in [0.5, 0.6) is 0 Å². The topological polar surface area (TPSA) is 122 Å². The fourth-order valence-electron chi connectivity index (χ4n) is 2.97. The first-order valence-corrected chi connectivity index (χ1v) is 10.3. The smallest absolute Gasteiger partial charge is 0.323 e. The van der Waals surface area contributed by atoms with Crippen LogP contribution in [0.1, 0.15) is 36.5 Å². The molecule has 0 unspecified atom stereocenters. The summed E-state index contributed by atoms with van der Waals surface area (Å²) in [6.07, 6.45) is 2.24. The van der Waals surface area contributed by atoms with Crippen LogP contribution in [0, 0.1) is 5.92 Å². The highest BCUT2D eigenvalue weighted by Crippen LogP contribution is 2.27. The zero-order valence-corrected chi connectivity index (χ0v) is 16.3. The Labute approximate surface area is 161 Å². The van der Waals surface area contributed by atoms with E-state index in [1.165, 1.54) is 48.9 Å². The molecule has 3 heterocycles. The molecule has 0 saturated carbocycles. The molecule has 2 aromatic heterocycles. The van der Waals surface area contributed by atoms with Gasteiger partial charge < -0.3 is 18.5 Å². The summed E-state index contributed by atoms with van der Waals surface area (Å²) in [7, 11) is -3.67. The Bertz CT molecular complexity index is 1010. The molecule has 2 aromatic rings. The number of rotatable bonds is 6. The van der Waals surface area contributed by atoms with Crippen LogP contribution in [-0.2, 0) is 35.4 Å². The Kier molecular flexibility index (Phi) is 4.92. The molecule has 3 rings (SSSR count). The van der Waals surface area contributed by atoms with E-state index in [0.29, 0.717) is 0 Å². The van der Waals surface area contributed by atoms with Gasteiger partial charge in [-0.3, -0.25) is 14.4 Å². The predicted octanol–water partition coefficient (Wildman–Crippen LogP) is 1.56. The predicted molar refractivity (Wildman–Crippen MR) is 94.1 cm³/mol. The third-order valence-corrected chi connectivity index (χ3v) is 5.32. The number of esters is 2. The number of hydrogen-bond acceptors (Lipinski definition) is 8. The molecule has 0 aromatic carbocycles. The number of aromatic nitrogens is 1. The van der Waals surface area contributed by atoms with Crippen molar-refractivity contribution < 1.29 is 36.7 Å². The molecular formula is C18H19NO8S. The maximum Gasteiger partial charge on any atom is 0.323 e. The fourth-order valence-corrected chi connectivity index (χ4v) is 3.88. The van der Waals surface area contributed by atoms with Gasteiger partial charge in [-0.2, -0.15) is 0 Å². The van der Waals surface area contributed by atoms with Crippen molar-refractivity contribution in [2.75, 3.05) is 6.26 Å². The SMILES string of the molecule is CC1(C)OC(=O)C(CCn2c(C(=O)c3ccco3)ccc2S(C)(=O)=O)C(=O)O1. The summed E-state index contributed by atoms with van der Waals surface area (Å²) < 4.78 is 40.7. The first-order valence-electron chi connectivity index (χ1n) is 8.43. The van der Waals surface area contributed by atoms with Crippen LogP contribution < -0.4 is 0 Å². The number of ketones is 1. The lowest BCUT2D eigenvalue weighted by Gasteiger charge is -2.33. The second-order valence-electron chi connectivity index (χ2n) is 6.87. The lowest BCUT2D eigenvalue weighted by atomic mass is 10.0. The van der Waals surface area contributed by atoms with Gasteiger partial charge in [0.15, 0.2) is 21.5 Å². The van der Waals surface area contributed by atoms with Gasteiger partial charge in [-0.05, 0) is 30.7 Å². The minimum Gasteiger partial charge on any atom is -0.461 e. The average molecular weight is 409 g/mol. The molecule has 10 heteroatoms. The van der Waals surface area contributed by atoms with Gasteiger partial charge in [-0.25, -0.2) is 8.42 Å². The zero-order chi connectivity index (χ0) is 20.7. The number of carbonyl (C=O) groups excluding carboxylic acids is 3. The summed E-state index contributed by atoms with van der Waals surface area (Å²) in [6, 6.07) is 5.65. The number of nitrogens with zero attached hydrogens (tertiary/aromatic N) is 1. The van der Waals surface area contributed by atoms with Crippen LogP contribution in [0.4, 0.5) is 0 Å². The van der Waals surface area contributed by atoms with E-state index >= 15 is 0 Å². The van der Waals surface area contributed by atoms with Crippen molar-refractivity contribution in [2.45, 2.75) is 37.6 Å². The van der Waals surface area contributed by atoms with E-state index in [9.17, 15) is 22.8 Å². The van der Waals surface area contributed by atoms with Gasteiger partial charge in [0.25, 0.3) is 5.79 Å². The molecule has 0 amide bonds. The third kappa shape index (κ3) is 3.86. The average Bonchev–Trinajstić information content (AvgIpc) is 3.21. The summed E-state index contributed by atoms with van der Waals surface area (Å²) >= 11 is 0. The number of sulfone groups is 1. The van der Waals surface area contributed by atoms with E-state index in [2.05, 4.69) is 0 Å². The van der Waals surface area contributed by atoms with Crippen molar-refractivity contribution in [3.63, 3.8) is 0 Å². The zero-order valence-electron chi connectivity index (χ0n) is 15.5. The van der Waals surface area contributed by atoms with E-state index in [-0.39, 0.29) is 29.4 Å². The lowest BCUT2D eigenvalue weighted by molar-refractivity contribution is -0.240. The van der Waals surface area contributed by atoms with Gasteiger partial charge in [0.2, 0.25) is 5.78 Å². The maximum atomic E-state index is 12.6. The molecule has 28 heavy (non-hydrogen) atoms. The summed E-state index contributed by atoms with van der Waals surface area (Å²) in [5.41, 5.74) is 0.0632. The molecule has 1 fully saturated rings. The molecule has 0 aliphatic carbocycles. The quantitative estimate of drug-likeness (QED) is 0.400. The molecule has 0 N–H and O–H groups in total. The summed E-state index contributed by atoms with van der Waals surface area (Å²) in [6.45, 7) is 2.78. The summed E-state index contributed by atoms with van der Waals surface area (Å²) in [5.74, 6) is -4.56. The van der Waals surface area contributed by atoms with Crippen LogP contribution in [-0.4, -0.2) is 42.7 Å². The lowest BCUT2D eigenvalue weighted by Crippen LogP contribution is -2.46. The Balaban J connectivity index is 1.90.